The second-order valence-corrected chi connectivity index (χ2v) is 11.9. The molecule has 0 spiro atoms. The number of carbonyl (C=O) groups excluding carboxylic acids is 4. The maximum Gasteiger partial charge on any atom is 0.416 e. The predicted molar refractivity (Wildman–Crippen MR) is 171 cm³/mol. The molecule has 4 rings (SSSR count). The van der Waals surface area contributed by atoms with Gasteiger partial charge >= 0.3 is 12.2 Å². The van der Waals surface area contributed by atoms with Crippen LogP contribution in [0.4, 0.5) is 21.0 Å². The number of guanidine groups is 1. The smallest absolute Gasteiger partial charge is 0.416 e. The van der Waals surface area contributed by atoms with Crippen molar-refractivity contribution in [3.63, 3.8) is 0 Å². The van der Waals surface area contributed by atoms with Gasteiger partial charge < -0.3 is 25.4 Å². The minimum atomic E-state index is -0.971. The second-order valence-electron chi connectivity index (χ2n) is 11.1. The van der Waals surface area contributed by atoms with E-state index in [0.717, 1.165) is 4.90 Å². The van der Waals surface area contributed by atoms with Gasteiger partial charge in [-0.1, -0.05) is 0 Å². The quantitative estimate of drug-likeness (QED) is 0.0877. The highest BCUT2D eigenvalue weighted by atomic mass is 32.1. The van der Waals surface area contributed by atoms with Gasteiger partial charge in [-0.2, -0.15) is 12.6 Å². The third kappa shape index (κ3) is 9.30. The number of nitro benzene ring substituents is 2. The van der Waals surface area contributed by atoms with Gasteiger partial charge in [-0.25, -0.2) is 14.5 Å². The summed E-state index contributed by atoms with van der Waals surface area (Å²) in [6, 6.07) is 9.72. The Balaban J connectivity index is 1.23. The van der Waals surface area contributed by atoms with Crippen LogP contribution in [-0.2, 0) is 32.3 Å². The molecule has 2 aromatic rings. The highest BCUT2D eigenvalue weighted by Gasteiger charge is 2.42. The van der Waals surface area contributed by atoms with Crippen LogP contribution in [-0.4, -0.2) is 98.0 Å². The lowest BCUT2D eigenvalue weighted by molar-refractivity contribution is -0.385. The first kappa shape index (κ1) is 35.4. The first-order chi connectivity index (χ1) is 22.8. The summed E-state index contributed by atoms with van der Waals surface area (Å²) in [5, 5.41) is 31.9. The molecule has 2 aromatic carbocycles. The molecule has 19 heteroatoms. The SMILES string of the molecule is N=C(N)N(CCC(=O)N[C@H]1CCN(C(=O)[C@@H]2C[C@H](S)CN2C(=O)OCc2ccc([N+](=O)[O-])cc2)C1)C(=O)OCc1ccc([N+](=O)[O-])cc1. The van der Waals surface area contributed by atoms with Gasteiger partial charge in [-0.15, -0.1) is 0 Å². The highest BCUT2D eigenvalue weighted by Crippen LogP contribution is 2.26. The summed E-state index contributed by atoms with van der Waals surface area (Å²) < 4.78 is 10.5. The fourth-order valence-electron chi connectivity index (χ4n) is 5.24. The van der Waals surface area contributed by atoms with Crippen molar-refractivity contribution in [2.75, 3.05) is 26.2 Å². The van der Waals surface area contributed by atoms with Crippen LogP contribution in [0.2, 0.25) is 0 Å². The van der Waals surface area contributed by atoms with E-state index in [0.29, 0.717) is 30.5 Å². The molecule has 2 saturated heterocycles. The molecule has 2 heterocycles. The van der Waals surface area contributed by atoms with E-state index in [1.54, 1.807) is 4.90 Å². The van der Waals surface area contributed by atoms with Crippen molar-refractivity contribution >= 4 is 54.0 Å². The summed E-state index contributed by atoms with van der Waals surface area (Å²) >= 11 is 4.46. The molecule has 2 aliphatic rings. The van der Waals surface area contributed by atoms with E-state index in [4.69, 9.17) is 20.6 Å². The molecular weight excluding hydrogens is 652 g/mol. The lowest BCUT2D eigenvalue weighted by atomic mass is 10.2. The number of thiol groups is 1. The van der Waals surface area contributed by atoms with Crippen molar-refractivity contribution in [1.29, 1.82) is 5.41 Å². The van der Waals surface area contributed by atoms with Gasteiger partial charge in [0, 0.05) is 68.2 Å². The number of likely N-dealkylation sites (tertiary alicyclic amines) is 2. The van der Waals surface area contributed by atoms with Crippen LogP contribution in [0.25, 0.3) is 0 Å². The van der Waals surface area contributed by atoms with Crippen LogP contribution in [0.15, 0.2) is 48.5 Å². The van der Waals surface area contributed by atoms with Crippen LogP contribution in [0.5, 0.6) is 0 Å². The molecule has 0 unspecified atom stereocenters. The van der Waals surface area contributed by atoms with E-state index in [-0.39, 0.29) is 61.8 Å². The van der Waals surface area contributed by atoms with Crippen molar-refractivity contribution in [1.82, 2.24) is 20.0 Å². The Kier molecular flexibility index (Phi) is 11.7. The van der Waals surface area contributed by atoms with E-state index in [1.165, 1.54) is 53.4 Å². The maximum absolute atomic E-state index is 13.4. The number of rotatable bonds is 11. The van der Waals surface area contributed by atoms with Crippen LogP contribution in [0.3, 0.4) is 0 Å². The first-order valence-electron chi connectivity index (χ1n) is 14.8. The fraction of sp³-hybridized carbons (Fsp3) is 0.414. The number of nitro groups is 2. The molecule has 2 fully saturated rings. The van der Waals surface area contributed by atoms with E-state index >= 15 is 0 Å². The molecule has 4 amide bonds. The minimum Gasteiger partial charge on any atom is -0.445 e. The highest BCUT2D eigenvalue weighted by molar-refractivity contribution is 7.81. The van der Waals surface area contributed by atoms with Crippen LogP contribution < -0.4 is 11.1 Å². The molecule has 2 aliphatic heterocycles. The largest absolute Gasteiger partial charge is 0.445 e. The average Bonchev–Trinajstić information content (AvgIpc) is 3.69. The number of nitrogens with two attached hydrogens (primary N) is 1. The Bertz CT molecular complexity index is 1560. The number of ether oxygens (including phenoxy) is 2. The Morgan fingerprint density at radius 2 is 1.52 bits per heavy atom. The van der Waals surface area contributed by atoms with Crippen LogP contribution >= 0.6 is 12.6 Å². The fourth-order valence-corrected chi connectivity index (χ4v) is 5.62. The van der Waals surface area contributed by atoms with Gasteiger partial charge in [0.2, 0.25) is 11.8 Å². The zero-order valence-electron chi connectivity index (χ0n) is 25.6. The number of carbonyl (C=O) groups is 4. The van der Waals surface area contributed by atoms with E-state index in [1.807, 2.05) is 0 Å². The molecule has 3 atom stereocenters. The normalized spacial score (nSPS) is 18.6. The zero-order valence-corrected chi connectivity index (χ0v) is 26.5. The summed E-state index contributed by atoms with van der Waals surface area (Å²) in [7, 11) is 0. The zero-order chi connectivity index (χ0) is 35.0. The lowest BCUT2D eigenvalue weighted by Crippen LogP contribution is -2.48. The average molecular weight is 687 g/mol. The third-order valence-corrected chi connectivity index (χ3v) is 8.13. The van der Waals surface area contributed by atoms with Crippen LogP contribution in [0, 0.1) is 25.6 Å². The van der Waals surface area contributed by atoms with E-state index < -0.39 is 46.0 Å². The van der Waals surface area contributed by atoms with Crippen molar-refractivity contribution < 1.29 is 38.5 Å². The number of hydrogen-bond acceptors (Lipinski definition) is 12. The van der Waals surface area contributed by atoms with Crippen molar-refractivity contribution in [3.8, 4) is 0 Å². The lowest BCUT2D eigenvalue weighted by Gasteiger charge is -2.27. The number of hydrogen-bond donors (Lipinski definition) is 4. The molecule has 0 aliphatic carbocycles. The molecular formula is C29H34N8O10S. The number of nitrogens with one attached hydrogen (secondary N) is 2. The molecule has 0 bridgehead atoms. The monoisotopic (exact) mass is 686 g/mol. The van der Waals surface area contributed by atoms with Crippen molar-refractivity contribution in [2.45, 2.75) is 49.8 Å². The van der Waals surface area contributed by atoms with Gasteiger partial charge in [0.1, 0.15) is 19.3 Å². The number of benzene rings is 2. The van der Waals surface area contributed by atoms with Gasteiger partial charge in [-0.05, 0) is 48.2 Å². The Hall–Kier alpha value is -5.46. The number of amides is 4. The Labute approximate surface area is 279 Å². The summed E-state index contributed by atoms with van der Waals surface area (Å²) in [5.74, 6) is -1.39. The summed E-state index contributed by atoms with van der Waals surface area (Å²) in [6.45, 7) is 0.0908. The summed E-state index contributed by atoms with van der Waals surface area (Å²) in [4.78, 5) is 75.7. The standard InChI is InChI=1S/C29H34N8O10S/c30-27(31)34(28(40)46-16-18-1-5-21(6-2-18)36(42)43)12-10-25(38)32-20-9-11-33(14-20)26(39)24-13-23(48)15-35(24)29(41)47-17-19-3-7-22(8-4-19)37(44)45/h1-8,20,23-24,48H,9-17H2,(H3,30,31)(H,32,38)/t20-,23-,24-/m0/s1. The second kappa shape index (κ2) is 15.9. The molecule has 4 N–H and O–H groups in total. The Morgan fingerprint density at radius 1 is 0.958 bits per heavy atom. The minimum absolute atomic E-state index is 0.0928. The predicted octanol–water partition coefficient (Wildman–Crippen LogP) is 2.15. The molecule has 0 saturated carbocycles. The van der Waals surface area contributed by atoms with Crippen molar-refractivity contribution in [3.05, 3.63) is 79.9 Å². The Morgan fingerprint density at radius 3 is 2.06 bits per heavy atom. The van der Waals surface area contributed by atoms with Gasteiger partial charge in [0.15, 0.2) is 5.96 Å². The third-order valence-electron chi connectivity index (χ3n) is 7.76. The topological polar surface area (TPSA) is 245 Å². The van der Waals surface area contributed by atoms with Crippen LogP contribution in [0.1, 0.15) is 30.4 Å². The van der Waals surface area contributed by atoms with E-state index in [9.17, 15) is 39.4 Å². The molecule has 256 valence electrons. The van der Waals surface area contributed by atoms with E-state index in [2.05, 4.69) is 17.9 Å². The number of non-ortho nitro benzene ring substituents is 2. The summed E-state index contributed by atoms with van der Waals surface area (Å²) in [6.07, 6.45) is -1.14. The molecule has 18 nitrogen and oxygen atoms in total. The van der Waals surface area contributed by atoms with Gasteiger partial charge in [-0.3, -0.25) is 40.1 Å². The first-order valence-corrected chi connectivity index (χ1v) is 15.3. The van der Waals surface area contributed by atoms with Gasteiger partial charge in [0.25, 0.3) is 11.4 Å². The number of nitrogens with zero attached hydrogens (tertiary/aromatic N) is 5. The molecule has 0 aromatic heterocycles. The van der Waals surface area contributed by atoms with Gasteiger partial charge in [0.05, 0.1) is 9.85 Å². The summed E-state index contributed by atoms with van der Waals surface area (Å²) in [5.41, 5.74) is 6.32. The molecule has 0 radical (unpaired) electrons. The maximum atomic E-state index is 13.4. The van der Waals surface area contributed by atoms with Crippen molar-refractivity contribution in [2.24, 2.45) is 5.73 Å². The molecule has 48 heavy (non-hydrogen) atoms.